The maximum Gasteiger partial charge on any atom is 0.0774 e. The summed E-state index contributed by atoms with van der Waals surface area (Å²) in [4.78, 5) is 4.46. The zero-order chi connectivity index (χ0) is 8.39. The quantitative estimate of drug-likeness (QED) is 0.597. The van der Waals surface area contributed by atoms with Gasteiger partial charge in [-0.1, -0.05) is 37.3 Å². The van der Waals surface area contributed by atoms with Crippen LogP contribution in [0.25, 0.3) is 0 Å². The Bertz CT molecular complexity index is 276. The summed E-state index contributed by atoms with van der Waals surface area (Å²) in [7, 11) is 0. The maximum atomic E-state index is 4.46. The molecule has 0 saturated carbocycles. The Kier molecular flexibility index (Phi) is 1.94. The zero-order valence-electron chi connectivity index (χ0n) is 7.27. The van der Waals surface area contributed by atoms with Crippen molar-refractivity contribution < 1.29 is 0 Å². The number of benzene rings is 1. The molecule has 1 aromatic rings. The molecule has 2 atom stereocenters. The highest BCUT2D eigenvalue weighted by molar-refractivity contribution is 5.61. The topological polar surface area (TPSA) is 12.4 Å². The molecule has 12 heavy (non-hydrogen) atoms. The highest BCUT2D eigenvalue weighted by atomic mass is 14.8. The first-order valence-corrected chi connectivity index (χ1v) is 4.44. The SMILES string of the molecule is C[C@@H]1CC=NC1c1ccccc1. The monoisotopic (exact) mass is 159 g/mol. The summed E-state index contributed by atoms with van der Waals surface area (Å²) in [5, 5.41) is 0. The van der Waals surface area contributed by atoms with Crippen LogP contribution in [0, 0.1) is 5.92 Å². The molecule has 62 valence electrons. The highest BCUT2D eigenvalue weighted by Crippen LogP contribution is 2.31. The van der Waals surface area contributed by atoms with Crippen molar-refractivity contribution >= 4 is 6.21 Å². The van der Waals surface area contributed by atoms with Gasteiger partial charge in [0.1, 0.15) is 0 Å². The summed E-state index contributed by atoms with van der Waals surface area (Å²) in [5.41, 5.74) is 1.35. The van der Waals surface area contributed by atoms with Crippen molar-refractivity contribution in [2.45, 2.75) is 19.4 Å². The van der Waals surface area contributed by atoms with Crippen LogP contribution >= 0.6 is 0 Å². The predicted octanol–water partition coefficient (Wildman–Crippen LogP) is 2.84. The Hall–Kier alpha value is -1.11. The van der Waals surface area contributed by atoms with Gasteiger partial charge in [0.2, 0.25) is 0 Å². The van der Waals surface area contributed by atoms with Crippen LogP contribution in [0.15, 0.2) is 35.3 Å². The van der Waals surface area contributed by atoms with Crippen molar-refractivity contribution in [1.29, 1.82) is 0 Å². The Morgan fingerprint density at radius 1 is 1.25 bits per heavy atom. The molecule has 1 heterocycles. The van der Waals surface area contributed by atoms with E-state index in [0.717, 1.165) is 6.42 Å². The first-order chi connectivity index (χ1) is 5.88. The van der Waals surface area contributed by atoms with E-state index >= 15 is 0 Å². The lowest BCUT2D eigenvalue weighted by Gasteiger charge is -2.12. The van der Waals surface area contributed by atoms with Crippen LogP contribution in [-0.2, 0) is 0 Å². The second-order valence-corrected chi connectivity index (χ2v) is 3.40. The van der Waals surface area contributed by atoms with E-state index in [0.29, 0.717) is 12.0 Å². The fraction of sp³-hybridized carbons (Fsp3) is 0.364. The van der Waals surface area contributed by atoms with Gasteiger partial charge in [-0.05, 0) is 24.1 Å². The molecule has 1 unspecified atom stereocenters. The van der Waals surface area contributed by atoms with Crippen LogP contribution in [0.2, 0.25) is 0 Å². The summed E-state index contributed by atoms with van der Waals surface area (Å²) >= 11 is 0. The Balaban J connectivity index is 2.25. The minimum atomic E-state index is 0.409. The summed E-state index contributed by atoms with van der Waals surface area (Å²) in [6, 6.07) is 10.9. The maximum absolute atomic E-state index is 4.46. The molecule has 0 N–H and O–H groups in total. The van der Waals surface area contributed by atoms with Crippen molar-refractivity contribution in [3.63, 3.8) is 0 Å². The Morgan fingerprint density at radius 3 is 2.58 bits per heavy atom. The van der Waals surface area contributed by atoms with Crippen molar-refractivity contribution in [1.82, 2.24) is 0 Å². The second-order valence-electron chi connectivity index (χ2n) is 3.40. The van der Waals surface area contributed by atoms with Crippen molar-refractivity contribution in [2.24, 2.45) is 10.9 Å². The fourth-order valence-electron chi connectivity index (χ4n) is 1.68. The molecule has 2 rings (SSSR count). The van der Waals surface area contributed by atoms with Gasteiger partial charge in [0.15, 0.2) is 0 Å². The van der Waals surface area contributed by atoms with Gasteiger partial charge in [0, 0.05) is 0 Å². The van der Waals surface area contributed by atoms with Gasteiger partial charge < -0.3 is 0 Å². The minimum absolute atomic E-state index is 0.409. The van der Waals surface area contributed by atoms with Crippen LogP contribution in [0.3, 0.4) is 0 Å². The van der Waals surface area contributed by atoms with E-state index in [1.165, 1.54) is 5.56 Å². The third kappa shape index (κ3) is 1.27. The molecule has 1 nitrogen and oxygen atoms in total. The van der Waals surface area contributed by atoms with E-state index in [1.54, 1.807) is 0 Å². The molecule has 1 aliphatic heterocycles. The average molecular weight is 159 g/mol. The average Bonchev–Trinajstić information content (AvgIpc) is 2.53. The van der Waals surface area contributed by atoms with Crippen molar-refractivity contribution in [2.75, 3.05) is 0 Å². The van der Waals surface area contributed by atoms with Gasteiger partial charge in [-0.15, -0.1) is 0 Å². The lowest BCUT2D eigenvalue weighted by Crippen LogP contribution is -2.01. The van der Waals surface area contributed by atoms with E-state index in [2.05, 4.69) is 36.2 Å². The predicted molar refractivity (Wildman–Crippen MR) is 51.5 cm³/mol. The molecule has 0 aliphatic carbocycles. The summed E-state index contributed by atoms with van der Waals surface area (Å²) in [5.74, 6) is 0.674. The largest absolute Gasteiger partial charge is 0.289 e. The first kappa shape index (κ1) is 7.53. The molecule has 1 heteroatoms. The number of nitrogens with zero attached hydrogens (tertiary/aromatic N) is 1. The lowest BCUT2D eigenvalue weighted by molar-refractivity contribution is 0.526. The molecule has 1 aromatic carbocycles. The number of hydrogen-bond acceptors (Lipinski definition) is 1. The Labute approximate surface area is 73.1 Å². The van der Waals surface area contributed by atoms with Gasteiger partial charge >= 0.3 is 0 Å². The number of aliphatic imine (C=N–C) groups is 1. The highest BCUT2D eigenvalue weighted by Gasteiger charge is 2.20. The van der Waals surface area contributed by atoms with E-state index in [1.807, 2.05) is 12.3 Å². The first-order valence-electron chi connectivity index (χ1n) is 4.44. The van der Waals surface area contributed by atoms with E-state index in [4.69, 9.17) is 0 Å². The standard InChI is InChI=1S/C11H13N/c1-9-7-8-12-11(9)10-5-3-2-4-6-10/h2-6,8-9,11H,7H2,1H3/t9-,11?/m1/s1. The smallest absolute Gasteiger partial charge is 0.0774 e. The van der Waals surface area contributed by atoms with E-state index in [9.17, 15) is 0 Å². The van der Waals surface area contributed by atoms with Gasteiger partial charge in [0.05, 0.1) is 6.04 Å². The van der Waals surface area contributed by atoms with Crippen molar-refractivity contribution in [3.8, 4) is 0 Å². The Morgan fingerprint density at radius 2 is 2.00 bits per heavy atom. The number of rotatable bonds is 1. The van der Waals surface area contributed by atoms with Crippen LogP contribution in [0.5, 0.6) is 0 Å². The number of hydrogen-bond donors (Lipinski definition) is 0. The van der Waals surface area contributed by atoms with E-state index in [-0.39, 0.29) is 0 Å². The fourth-order valence-corrected chi connectivity index (χ4v) is 1.68. The third-order valence-corrected chi connectivity index (χ3v) is 2.42. The molecule has 0 fully saturated rings. The van der Waals surface area contributed by atoms with Crippen molar-refractivity contribution in [3.05, 3.63) is 35.9 Å². The van der Waals surface area contributed by atoms with E-state index < -0.39 is 0 Å². The summed E-state index contributed by atoms with van der Waals surface area (Å²) in [6.45, 7) is 2.25. The van der Waals surface area contributed by atoms with Gasteiger partial charge in [-0.3, -0.25) is 4.99 Å². The molecule has 0 bridgehead atoms. The molecule has 1 aliphatic rings. The minimum Gasteiger partial charge on any atom is -0.289 e. The molecule has 0 spiro atoms. The normalized spacial score (nSPS) is 27.8. The molecule has 0 aromatic heterocycles. The lowest BCUT2D eigenvalue weighted by atomic mass is 9.96. The third-order valence-electron chi connectivity index (χ3n) is 2.42. The summed E-state index contributed by atoms with van der Waals surface area (Å²) in [6.07, 6.45) is 3.17. The molecular formula is C11H13N. The summed E-state index contributed by atoms with van der Waals surface area (Å²) < 4.78 is 0. The van der Waals surface area contributed by atoms with Crippen LogP contribution in [-0.4, -0.2) is 6.21 Å². The van der Waals surface area contributed by atoms with Crippen LogP contribution in [0.1, 0.15) is 24.9 Å². The molecule has 0 radical (unpaired) electrons. The molecular weight excluding hydrogens is 146 g/mol. The molecule has 0 saturated heterocycles. The second kappa shape index (κ2) is 3.10. The zero-order valence-corrected chi connectivity index (χ0v) is 7.27. The van der Waals surface area contributed by atoms with Gasteiger partial charge in [-0.2, -0.15) is 0 Å². The van der Waals surface area contributed by atoms with Crippen LogP contribution < -0.4 is 0 Å². The van der Waals surface area contributed by atoms with Gasteiger partial charge in [-0.25, -0.2) is 0 Å². The van der Waals surface area contributed by atoms with Gasteiger partial charge in [0.25, 0.3) is 0 Å². The molecule has 0 amide bonds. The van der Waals surface area contributed by atoms with Crippen LogP contribution in [0.4, 0.5) is 0 Å².